The van der Waals surface area contributed by atoms with Gasteiger partial charge in [0, 0.05) is 0 Å². The molecule has 3 nitrogen and oxygen atoms in total. The van der Waals surface area contributed by atoms with Crippen molar-refractivity contribution in [1.29, 1.82) is 0 Å². The van der Waals surface area contributed by atoms with Crippen LogP contribution < -0.4 is 4.18 Å². The fourth-order valence-corrected chi connectivity index (χ4v) is 4.10. The van der Waals surface area contributed by atoms with E-state index in [9.17, 15) is 8.42 Å². The summed E-state index contributed by atoms with van der Waals surface area (Å²) >= 11 is 0. The predicted molar refractivity (Wildman–Crippen MR) is 97.8 cm³/mol. The quantitative estimate of drug-likeness (QED) is 0.702. The third kappa shape index (κ3) is 4.84. The zero-order valence-corrected chi connectivity index (χ0v) is 15.9. The van der Waals surface area contributed by atoms with Crippen LogP contribution in [0.25, 0.3) is 0 Å². The molecule has 0 fully saturated rings. The summed E-state index contributed by atoms with van der Waals surface area (Å²) < 4.78 is 29.7. The molecule has 4 heteroatoms. The number of rotatable bonds is 5. The zero-order chi connectivity index (χ0) is 18.0. The van der Waals surface area contributed by atoms with Gasteiger partial charge in [-0.1, -0.05) is 65.0 Å². The van der Waals surface area contributed by atoms with E-state index in [0.29, 0.717) is 5.75 Å². The molecule has 0 atom stereocenters. The molecule has 0 aliphatic rings. The van der Waals surface area contributed by atoms with Crippen LogP contribution in [0.3, 0.4) is 0 Å². The lowest BCUT2D eigenvalue weighted by Crippen LogP contribution is -2.24. The van der Waals surface area contributed by atoms with Crippen LogP contribution in [0.1, 0.15) is 46.6 Å². The predicted octanol–water partition coefficient (Wildman–Crippen LogP) is 5.17. The molecule has 0 aliphatic heterocycles. The number of hydrogen-bond donors (Lipinski definition) is 0. The summed E-state index contributed by atoms with van der Waals surface area (Å²) in [5.74, 6) is 0.328. The van der Waals surface area contributed by atoms with E-state index in [2.05, 4.69) is 34.6 Å². The van der Waals surface area contributed by atoms with Gasteiger partial charge in [-0.2, -0.15) is 8.42 Å². The Morgan fingerprint density at radius 1 is 0.833 bits per heavy atom. The normalized spacial score (nSPS) is 12.9. The van der Waals surface area contributed by atoms with Crippen LogP contribution in [0.4, 0.5) is 0 Å². The summed E-state index contributed by atoms with van der Waals surface area (Å²) in [4.78, 5) is 0.155. The zero-order valence-electron chi connectivity index (χ0n) is 15.0. The van der Waals surface area contributed by atoms with Gasteiger partial charge in [0.05, 0.1) is 0 Å². The van der Waals surface area contributed by atoms with E-state index in [4.69, 9.17) is 4.18 Å². The highest BCUT2D eigenvalue weighted by atomic mass is 32.2. The van der Waals surface area contributed by atoms with E-state index in [0.717, 1.165) is 6.42 Å². The van der Waals surface area contributed by atoms with Crippen molar-refractivity contribution >= 4 is 10.1 Å². The van der Waals surface area contributed by atoms with Gasteiger partial charge < -0.3 is 4.18 Å². The fourth-order valence-electron chi connectivity index (χ4n) is 3.15. The Morgan fingerprint density at radius 2 is 1.38 bits per heavy atom. The average molecular weight is 346 g/mol. The second kappa shape index (κ2) is 6.60. The summed E-state index contributed by atoms with van der Waals surface area (Å²) in [6.07, 6.45) is 1.03. The van der Waals surface area contributed by atoms with Gasteiger partial charge in [-0.3, -0.25) is 0 Å². The maximum absolute atomic E-state index is 12.2. The lowest BCUT2D eigenvalue weighted by molar-refractivity contribution is 0.284. The molecular formula is C20H26O3S. The van der Waals surface area contributed by atoms with E-state index >= 15 is 0 Å². The summed E-state index contributed by atoms with van der Waals surface area (Å²) in [5, 5.41) is 0. The van der Waals surface area contributed by atoms with Crippen LogP contribution in [0.15, 0.2) is 59.5 Å². The van der Waals surface area contributed by atoms with Crippen LogP contribution >= 0.6 is 0 Å². The molecule has 0 radical (unpaired) electrons. The van der Waals surface area contributed by atoms with E-state index in [1.165, 1.54) is 17.7 Å². The number of hydrogen-bond acceptors (Lipinski definition) is 3. The van der Waals surface area contributed by atoms with Gasteiger partial charge >= 0.3 is 10.1 Å². The molecule has 2 rings (SSSR count). The molecule has 0 saturated heterocycles. The van der Waals surface area contributed by atoms with Gasteiger partial charge in [0.25, 0.3) is 0 Å². The molecule has 0 spiro atoms. The first-order valence-electron chi connectivity index (χ1n) is 8.10. The van der Waals surface area contributed by atoms with Gasteiger partial charge in [-0.15, -0.1) is 0 Å². The van der Waals surface area contributed by atoms with Crippen molar-refractivity contribution in [2.24, 2.45) is 5.41 Å². The van der Waals surface area contributed by atoms with Crippen molar-refractivity contribution < 1.29 is 12.6 Å². The van der Waals surface area contributed by atoms with Gasteiger partial charge in [0.15, 0.2) is 0 Å². The first-order valence-corrected chi connectivity index (χ1v) is 9.51. The molecule has 2 aromatic carbocycles. The van der Waals surface area contributed by atoms with Crippen molar-refractivity contribution in [2.75, 3.05) is 0 Å². The molecule has 0 aromatic heterocycles. The van der Waals surface area contributed by atoms with E-state index in [-0.39, 0.29) is 15.7 Å². The van der Waals surface area contributed by atoms with Crippen molar-refractivity contribution in [3.8, 4) is 5.75 Å². The third-order valence-corrected chi connectivity index (χ3v) is 5.11. The van der Waals surface area contributed by atoms with Gasteiger partial charge in [-0.05, 0) is 47.1 Å². The Hall–Kier alpha value is -1.81. The SMILES string of the molecule is CC(C)(C)CC(C)(C)c1ccc(OS(=O)(=O)c2ccccc2)cc1. The Morgan fingerprint density at radius 3 is 1.88 bits per heavy atom. The second-order valence-electron chi connectivity index (χ2n) is 8.00. The lowest BCUT2D eigenvalue weighted by atomic mass is 9.72. The minimum atomic E-state index is -3.79. The van der Waals surface area contributed by atoms with Crippen LogP contribution in [-0.4, -0.2) is 8.42 Å². The molecule has 130 valence electrons. The number of benzene rings is 2. The molecule has 2 aromatic rings. The second-order valence-corrected chi connectivity index (χ2v) is 9.54. The molecule has 0 bridgehead atoms. The molecule has 0 N–H and O–H groups in total. The maximum Gasteiger partial charge on any atom is 0.339 e. The molecule has 0 aliphatic carbocycles. The minimum absolute atomic E-state index is 0.00901. The summed E-state index contributed by atoms with van der Waals surface area (Å²) in [5.41, 5.74) is 1.40. The minimum Gasteiger partial charge on any atom is -0.379 e. The molecule has 0 unspecified atom stereocenters. The first-order chi connectivity index (χ1) is 11.0. The fraction of sp³-hybridized carbons (Fsp3) is 0.400. The Labute approximate surface area is 145 Å². The first kappa shape index (κ1) is 18.5. The molecular weight excluding hydrogens is 320 g/mol. The van der Waals surface area contributed by atoms with Crippen LogP contribution in [-0.2, 0) is 15.5 Å². The van der Waals surface area contributed by atoms with E-state index < -0.39 is 10.1 Å². The van der Waals surface area contributed by atoms with Crippen molar-refractivity contribution in [2.45, 2.75) is 51.3 Å². The average Bonchev–Trinajstić information content (AvgIpc) is 2.46. The van der Waals surface area contributed by atoms with Crippen molar-refractivity contribution in [1.82, 2.24) is 0 Å². The summed E-state index contributed by atoms with van der Waals surface area (Å²) in [7, 11) is -3.79. The Balaban J connectivity index is 2.18. The third-order valence-electron chi connectivity index (χ3n) is 3.85. The van der Waals surface area contributed by atoms with Crippen molar-refractivity contribution in [3.05, 3.63) is 60.2 Å². The van der Waals surface area contributed by atoms with Crippen LogP contribution in [0, 0.1) is 5.41 Å². The van der Waals surface area contributed by atoms with Gasteiger partial charge in [0.1, 0.15) is 10.6 Å². The van der Waals surface area contributed by atoms with Crippen LogP contribution in [0.2, 0.25) is 0 Å². The lowest BCUT2D eigenvalue weighted by Gasteiger charge is -2.33. The molecule has 24 heavy (non-hydrogen) atoms. The Kier molecular flexibility index (Phi) is 5.09. The largest absolute Gasteiger partial charge is 0.379 e. The smallest absolute Gasteiger partial charge is 0.339 e. The monoisotopic (exact) mass is 346 g/mol. The van der Waals surface area contributed by atoms with Gasteiger partial charge in [0.2, 0.25) is 0 Å². The topological polar surface area (TPSA) is 43.4 Å². The van der Waals surface area contributed by atoms with Crippen molar-refractivity contribution in [3.63, 3.8) is 0 Å². The summed E-state index contributed by atoms with van der Waals surface area (Å²) in [6.45, 7) is 11.1. The molecule has 0 saturated carbocycles. The highest BCUT2D eigenvalue weighted by Crippen LogP contribution is 2.36. The summed E-state index contributed by atoms with van der Waals surface area (Å²) in [6, 6.07) is 15.5. The van der Waals surface area contributed by atoms with Gasteiger partial charge in [-0.25, -0.2) is 0 Å². The highest BCUT2D eigenvalue weighted by molar-refractivity contribution is 7.87. The molecule has 0 amide bonds. The van der Waals surface area contributed by atoms with E-state index in [1.807, 2.05) is 12.1 Å². The Bertz CT molecular complexity index is 768. The highest BCUT2D eigenvalue weighted by Gasteiger charge is 2.27. The standard InChI is InChI=1S/C20H26O3S/c1-19(2,3)15-20(4,5)16-11-13-17(14-12-16)23-24(21,22)18-9-7-6-8-10-18/h6-14H,15H2,1-5H3. The maximum atomic E-state index is 12.2. The van der Waals surface area contributed by atoms with Crippen LogP contribution in [0.5, 0.6) is 5.75 Å². The molecule has 0 heterocycles. The van der Waals surface area contributed by atoms with E-state index in [1.54, 1.807) is 30.3 Å².